The van der Waals surface area contributed by atoms with E-state index in [1.807, 2.05) is 13.8 Å². The Balaban J connectivity index is 3.55. The molecule has 0 saturated carbocycles. The molecule has 9 heavy (non-hydrogen) atoms. The maximum atomic E-state index is 10.1. The topological polar surface area (TPSA) is 29.1 Å². The molecule has 0 heterocycles. The third-order valence-electron chi connectivity index (χ3n) is 0.819. The minimum absolute atomic E-state index is 0.264. The van der Waals surface area contributed by atoms with Crippen LogP contribution >= 0.6 is 12.2 Å². The van der Waals surface area contributed by atoms with Crippen molar-refractivity contribution < 1.29 is 4.79 Å². The Hall–Kier alpha value is -0.280. The summed E-state index contributed by atoms with van der Waals surface area (Å²) >= 11 is 4.57. The number of carbonyl (C=O) groups excluding carboxylic acids is 1. The largest absolute Gasteiger partial charge is 0.302 e. The lowest BCUT2D eigenvalue weighted by Gasteiger charge is -2.09. The van der Waals surface area contributed by atoms with Gasteiger partial charge in [0, 0.05) is 11.4 Å². The Kier molecular flexibility index (Phi) is 4.44. The van der Waals surface area contributed by atoms with Crippen LogP contribution in [0.4, 0.5) is 0 Å². The van der Waals surface area contributed by atoms with E-state index in [-0.39, 0.29) is 6.04 Å². The van der Waals surface area contributed by atoms with Crippen molar-refractivity contribution >= 4 is 23.9 Å². The first-order valence-corrected chi connectivity index (χ1v) is 3.34. The van der Waals surface area contributed by atoms with Gasteiger partial charge in [-0.1, -0.05) is 12.2 Å². The minimum atomic E-state index is -0.264. The summed E-state index contributed by atoms with van der Waals surface area (Å²) in [6.45, 7) is 3.94. The lowest BCUT2D eigenvalue weighted by molar-refractivity contribution is -0.108. The second-order valence-corrected chi connectivity index (χ2v) is 2.39. The van der Waals surface area contributed by atoms with Gasteiger partial charge in [0.25, 0.3) is 0 Å². The first-order chi connectivity index (χ1) is 4.20. The van der Waals surface area contributed by atoms with Crippen molar-refractivity contribution in [2.75, 3.05) is 0 Å². The number of hydrogen-bond donors (Lipinski definition) is 1. The molecule has 0 amide bonds. The van der Waals surface area contributed by atoms with Crippen LogP contribution in [0.3, 0.4) is 0 Å². The zero-order valence-electron chi connectivity index (χ0n) is 5.63. The predicted octanol–water partition coefficient (Wildman–Crippen LogP) is 0.552. The number of hydrogen-bond acceptors (Lipinski definition) is 3. The zero-order chi connectivity index (χ0) is 7.28. The Morgan fingerprint density at radius 2 is 2.11 bits per heavy atom. The van der Waals surface area contributed by atoms with Gasteiger partial charge in [-0.2, -0.15) is 0 Å². The number of thiocarbonyl (C=S) groups is 1. The van der Waals surface area contributed by atoms with Crippen LogP contribution in [0.5, 0.6) is 0 Å². The maximum absolute atomic E-state index is 10.1. The molecular weight excluding hydrogens is 134 g/mol. The third-order valence-corrected chi connectivity index (χ3v) is 1.11. The molecule has 0 aromatic carbocycles. The molecule has 0 spiro atoms. The normalized spacial score (nSPS) is 13.2. The fourth-order valence-corrected chi connectivity index (χ4v) is 0.638. The molecule has 0 aromatic rings. The molecule has 0 aliphatic heterocycles. The van der Waals surface area contributed by atoms with E-state index >= 15 is 0 Å². The lowest BCUT2D eigenvalue weighted by Crippen LogP contribution is -2.36. The summed E-state index contributed by atoms with van der Waals surface area (Å²) < 4.78 is 0. The highest BCUT2D eigenvalue weighted by Gasteiger charge is 2.01. The zero-order valence-corrected chi connectivity index (χ0v) is 6.44. The summed E-state index contributed by atoms with van der Waals surface area (Å²) in [6.07, 6.45) is 0.799. The molecule has 2 nitrogen and oxygen atoms in total. The Morgan fingerprint density at radius 3 is 2.22 bits per heavy atom. The molecule has 0 rings (SSSR count). The summed E-state index contributed by atoms with van der Waals surface area (Å²) in [5, 5.41) is 4.38. The van der Waals surface area contributed by atoms with Crippen molar-refractivity contribution in [3.8, 4) is 0 Å². The van der Waals surface area contributed by atoms with Crippen molar-refractivity contribution in [2.24, 2.45) is 0 Å². The van der Waals surface area contributed by atoms with E-state index in [1.165, 1.54) is 5.37 Å². The van der Waals surface area contributed by atoms with E-state index in [0.29, 0.717) is 6.04 Å². The van der Waals surface area contributed by atoms with Crippen LogP contribution in [-0.2, 0) is 4.79 Å². The molecule has 3 heteroatoms. The van der Waals surface area contributed by atoms with Crippen molar-refractivity contribution in [2.45, 2.75) is 25.9 Å². The van der Waals surface area contributed by atoms with E-state index < -0.39 is 0 Å². The van der Waals surface area contributed by atoms with E-state index in [4.69, 9.17) is 0 Å². The van der Waals surface area contributed by atoms with Crippen LogP contribution in [0.2, 0.25) is 0 Å². The number of nitrogens with one attached hydrogen (secondary N) is 1. The fourth-order valence-electron chi connectivity index (χ4n) is 0.496. The summed E-state index contributed by atoms with van der Waals surface area (Å²) in [7, 11) is 0. The lowest BCUT2D eigenvalue weighted by atomic mass is 10.3. The van der Waals surface area contributed by atoms with Crippen molar-refractivity contribution in [3.63, 3.8) is 0 Å². The van der Waals surface area contributed by atoms with Gasteiger partial charge in [-0.05, 0) is 13.8 Å². The second kappa shape index (κ2) is 4.58. The fraction of sp³-hybridized carbons (Fsp3) is 0.667. The quantitative estimate of drug-likeness (QED) is 0.463. The molecule has 1 atom stereocenters. The molecule has 0 bridgehead atoms. The first-order valence-electron chi connectivity index (χ1n) is 2.87. The van der Waals surface area contributed by atoms with Crippen LogP contribution in [0.25, 0.3) is 0 Å². The number of aldehydes is 1. The third kappa shape index (κ3) is 4.24. The van der Waals surface area contributed by atoms with Gasteiger partial charge in [0.15, 0.2) is 0 Å². The molecule has 0 radical (unpaired) electrons. The molecular formula is C6H11NOS. The van der Waals surface area contributed by atoms with Crippen LogP contribution in [0.15, 0.2) is 0 Å². The predicted molar refractivity (Wildman–Crippen MR) is 41.8 cm³/mol. The van der Waals surface area contributed by atoms with Gasteiger partial charge >= 0.3 is 0 Å². The van der Waals surface area contributed by atoms with Crippen LogP contribution in [-0.4, -0.2) is 23.7 Å². The monoisotopic (exact) mass is 145 g/mol. The maximum Gasteiger partial charge on any atom is 0.141 e. The second-order valence-electron chi connectivity index (χ2n) is 2.12. The Labute approximate surface area is 60.6 Å². The van der Waals surface area contributed by atoms with E-state index in [1.54, 1.807) is 0 Å². The molecule has 0 aromatic heterocycles. The molecule has 1 N–H and O–H groups in total. The molecule has 1 unspecified atom stereocenters. The highest BCUT2D eigenvalue weighted by molar-refractivity contribution is 7.79. The van der Waals surface area contributed by atoms with Gasteiger partial charge in [0.2, 0.25) is 0 Å². The standard InChI is InChI=1S/C6H11NOS/c1-5(2)7-6(3-8)4-9/h3-7H,1-2H3. The summed E-state index contributed by atoms with van der Waals surface area (Å²) in [4.78, 5) is 10.1. The van der Waals surface area contributed by atoms with E-state index in [0.717, 1.165) is 6.29 Å². The Bertz CT molecular complexity index is 95.2. The smallest absolute Gasteiger partial charge is 0.141 e. The summed E-state index contributed by atoms with van der Waals surface area (Å²) in [5.74, 6) is 0. The van der Waals surface area contributed by atoms with Crippen molar-refractivity contribution in [1.82, 2.24) is 5.32 Å². The minimum Gasteiger partial charge on any atom is -0.302 e. The van der Waals surface area contributed by atoms with Gasteiger partial charge in [-0.3, -0.25) is 0 Å². The Morgan fingerprint density at radius 1 is 1.56 bits per heavy atom. The van der Waals surface area contributed by atoms with Crippen LogP contribution < -0.4 is 5.32 Å². The highest BCUT2D eigenvalue weighted by Crippen LogP contribution is 1.79. The number of carbonyl (C=O) groups is 1. The highest BCUT2D eigenvalue weighted by atomic mass is 32.1. The van der Waals surface area contributed by atoms with Gasteiger partial charge in [0.05, 0.1) is 6.04 Å². The average Bonchev–Trinajstić information content (AvgIpc) is 1.82. The molecule has 0 aliphatic rings. The summed E-state index contributed by atoms with van der Waals surface area (Å²) in [6, 6.07) is 0.0411. The number of rotatable bonds is 4. The first kappa shape index (κ1) is 8.72. The molecule has 0 fully saturated rings. The van der Waals surface area contributed by atoms with E-state index in [2.05, 4.69) is 17.5 Å². The van der Waals surface area contributed by atoms with Crippen molar-refractivity contribution in [3.05, 3.63) is 0 Å². The summed E-state index contributed by atoms with van der Waals surface area (Å²) in [5.41, 5.74) is 0. The van der Waals surface area contributed by atoms with Gasteiger partial charge in [-0.25, -0.2) is 0 Å². The molecule has 0 saturated heterocycles. The van der Waals surface area contributed by atoms with Crippen LogP contribution in [0, 0.1) is 0 Å². The van der Waals surface area contributed by atoms with Gasteiger partial charge in [0.1, 0.15) is 6.29 Å². The SMILES string of the molecule is CC(C)NC(C=O)C=S. The van der Waals surface area contributed by atoms with Crippen molar-refractivity contribution in [1.29, 1.82) is 0 Å². The molecule has 52 valence electrons. The molecule has 0 aliphatic carbocycles. The average molecular weight is 145 g/mol. The van der Waals surface area contributed by atoms with Crippen LogP contribution in [0.1, 0.15) is 13.8 Å². The van der Waals surface area contributed by atoms with Gasteiger partial charge < -0.3 is 10.1 Å². The van der Waals surface area contributed by atoms with Gasteiger partial charge in [-0.15, -0.1) is 0 Å². The van der Waals surface area contributed by atoms with E-state index in [9.17, 15) is 4.79 Å².